The van der Waals surface area contributed by atoms with E-state index >= 15 is 0 Å². The SMILES string of the molecule is c1ccc(-c2cccc(-c3nc(-c4cccc(-c5ccc6c(c5)oc5ccccc56)c4)nc(-c4cccc5c4sc4ccc(-c6ccccc6)cc45)n3)c2)cc1. The number of fused-ring (bicyclic) bond motifs is 6. The number of benzene rings is 8. The zero-order valence-electron chi connectivity index (χ0n) is 30.1. The number of hydrogen-bond donors (Lipinski definition) is 0. The summed E-state index contributed by atoms with van der Waals surface area (Å²) >= 11 is 1.78. The first-order valence-electron chi connectivity index (χ1n) is 18.7. The highest BCUT2D eigenvalue weighted by Gasteiger charge is 2.18. The number of aromatic nitrogens is 3. The number of furan rings is 1. The summed E-state index contributed by atoms with van der Waals surface area (Å²) in [5.74, 6) is 1.89. The zero-order valence-corrected chi connectivity index (χ0v) is 30.9. The average Bonchev–Trinajstić information content (AvgIpc) is 3.85. The van der Waals surface area contributed by atoms with Gasteiger partial charge in [0, 0.05) is 47.6 Å². The maximum absolute atomic E-state index is 6.25. The number of hydrogen-bond acceptors (Lipinski definition) is 5. The molecule has 3 aromatic heterocycles. The van der Waals surface area contributed by atoms with Crippen LogP contribution in [0.4, 0.5) is 0 Å². The number of para-hydroxylation sites is 1. The quantitative estimate of drug-likeness (QED) is 0.171. The predicted octanol–water partition coefficient (Wildman–Crippen LogP) is 14.1. The van der Waals surface area contributed by atoms with E-state index in [1.54, 1.807) is 11.3 Å². The Labute approximate surface area is 327 Å². The summed E-state index contributed by atoms with van der Waals surface area (Å²) in [6.07, 6.45) is 0. The summed E-state index contributed by atoms with van der Waals surface area (Å²) in [6.45, 7) is 0. The van der Waals surface area contributed by atoms with Gasteiger partial charge in [-0.05, 0) is 81.9 Å². The monoisotopic (exact) mass is 733 g/mol. The topological polar surface area (TPSA) is 51.8 Å². The molecule has 0 fully saturated rings. The van der Waals surface area contributed by atoms with Crippen molar-refractivity contribution in [2.24, 2.45) is 0 Å². The van der Waals surface area contributed by atoms with Crippen LogP contribution in [0.3, 0.4) is 0 Å². The normalized spacial score (nSPS) is 11.6. The molecule has 262 valence electrons. The Morgan fingerprint density at radius 3 is 1.57 bits per heavy atom. The van der Waals surface area contributed by atoms with Gasteiger partial charge in [-0.15, -0.1) is 11.3 Å². The molecule has 0 aliphatic carbocycles. The summed E-state index contributed by atoms with van der Waals surface area (Å²) < 4.78 is 8.64. The van der Waals surface area contributed by atoms with E-state index in [2.05, 4.69) is 164 Å². The Morgan fingerprint density at radius 2 is 0.839 bits per heavy atom. The molecule has 8 aromatic carbocycles. The fourth-order valence-corrected chi connectivity index (χ4v) is 8.94. The van der Waals surface area contributed by atoms with Gasteiger partial charge in [-0.2, -0.15) is 0 Å². The molecule has 0 spiro atoms. The van der Waals surface area contributed by atoms with Crippen LogP contribution in [-0.4, -0.2) is 15.0 Å². The summed E-state index contributed by atoms with van der Waals surface area (Å²) in [4.78, 5) is 15.7. The van der Waals surface area contributed by atoms with E-state index in [1.165, 1.54) is 26.6 Å². The van der Waals surface area contributed by atoms with Crippen molar-refractivity contribution in [2.45, 2.75) is 0 Å². The van der Waals surface area contributed by atoms with Crippen LogP contribution in [0.2, 0.25) is 0 Å². The summed E-state index contributed by atoms with van der Waals surface area (Å²) in [6, 6.07) is 65.7. The van der Waals surface area contributed by atoms with Crippen LogP contribution >= 0.6 is 11.3 Å². The van der Waals surface area contributed by atoms with Crippen molar-refractivity contribution >= 4 is 53.4 Å². The minimum Gasteiger partial charge on any atom is -0.456 e. The van der Waals surface area contributed by atoms with Crippen LogP contribution in [0.5, 0.6) is 0 Å². The van der Waals surface area contributed by atoms with Crippen molar-refractivity contribution in [2.75, 3.05) is 0 Å². The van der Waals surface area contributed by atoms with E-state index in [0.29, 0.717) is 17.5 Å². The third-order valence-electron chi connectivity index (χ3n) is 10.5. The van der Waals surface area contributed by atoms with Crippen molar-refractivity contribution in [1.29, 1.82) is 0 Å². The molecule has 0 bridgehead atoms. The molecular formula is C51H31N3OS. The minimum atomic E-state index is 0.617. The van der Waals surface area contributed by atoms with Crippen LogP contribution in [0.25, 0.3) is 110 Å². The van der Waals surface area contributed by atoms with Crippen molar-refractivity contribution in [3.05, 3.63) is 188 Å². The van der Waals surface area contributed by atoms with Crippen molar-refractivity contribution in [3.8, 4) is 67.5 Å². The van der Waals surface area contributed by atoms with Gasteiger partial charge in [0.15, 0.2) is 17.5 Å². The molecule has 0 radical (unpaired) electrons. The van der Waals surface area contributed by atoms with E-state index in [0.717, 1.165) is 65.6 Å². The van der Waals surface area contributed by atoms with Gasteiger partial charge in [-0.1, -0.05) is 140 Å². The Kier molecular flexibility index (Phi) is 7.64. The van der Waals surface area contributed by atoms with Gasteiger partial charge >= 0.3 is 0 Å². The van der Waals surface area contributed by atoms with Gasteiger partial charge in [-0.25, -0.2) is 15.0 Å². The second kappa shape index (κ2) is 13.3. The first-order chi connectivity index (χ1) is 27.7. The van der Waals surface area contributed by atoms with E-state index in [9.17, 15) is 0 Å². The molecule has 11 aromatic rings. The molecule has 3 heterocycles. The minimum absolute atomic E-state index is 0.617. The van der Waals surface area contributed by atoms with Crippen molar-refractivity contribution < 1.29 is 4.42 Å². The Morgan fingerprint density at radius 1 is 0.321 bits per heavy atom. The Balaban J connectivity index is 1.07. The number of thiophene rings is 1. The van der Waals surface area contributed by atoms with Gasteiger partial charge in [0.2, 0.25) is 0 Å². The van der Waals surface area contributed by atoms with Gasteiger partial charge < -0.3 is 4.42 Å². The standard InChI is InChI=1S/C51H31N3OS/c1-3-12-32(13-4-1)34-16-9-18-38(28-34)49-52-50(39-19-10-17-35(29-39)37-24-26-41-40-20-7-8-23-45(40)55-46(41)31-37)54-51(53-49)43-22-11-21-42-44-30-36(33-14-5-2-6-15-33)25-27-47(44)56-48(42)43/h1-31H. The van der Waals surface area contributed by atoms with Crippen molar-refractivity contribution in [1.82, 2.24) is 15.0 Å². The highest BCUT2D eigenvalue weighted by molar-refractivity contribution is 7.26. The largest absolute Gasteiger partial charge is 0.456 e. The third-order valence-corrected chi connectivity index (χ3v) is 11.8. The van der Waals surface area contributed by atoms with E-state index in [-0.39, 0.29) is 0 Å². The first-order valence-corrected chi connectivity index (χ1v) is 19.5. The maximum Gasteiger partial charge on any atom is 0.165 e. The fraction of sp³-hybridized carbons (Fsp3) is 0. The molecule has 56 heavy (non-hydrogen) atoms. The van der Waals surface area contributed by atoms with Gasteiger partial charge in [0.1, 0.15) is 11.2 Å². The molecule has 0 aliphatic rings. The number of nitrogens with zero attached hydrogens (tertiary/aromatic N) is 3. The van der Waals surface area contributed by atoms with Gasteiger partial charge in [0.25, 0.3) is 0 Å². The third kappa shape index (κ3) is 5.65. The predicted molar refractivity (Wildman–Crippen MR) is 233 cm³/mol. The van der Waals surface area contributed by atoms with E-state index < -0.39 is 0 Å². The van der Waals surface area contributed by atoms with Crippen LogP contribution in [0.15, 0.2) is 192 Å². The van der Waals surface area contributed by atoms with Crippen LogP contribution < -0.4 is 0 Å². The smallest absolute Gasteiger partial charge is 0.165 e. The molecule has 0 saturated heterocycles. The molecule has 0 amide bonds. The van der Waals surface area contributed by atoms with Gasteiger partial charge in [-0.3, -0.25) is 0 Å². The molecule has 0 N–H and O–H groups in total. The lowest BCUT2D eigenvalue weighted by Gasteiger charge is -2.11. The van der Waals surface area contributed by atoms with Crippen molar-refractivity contribution in [3.63, 3.8) is 0 Å². The lowest BCUT2D eigenvalue weighted by Crippen LogP contribution is -2.00. The second-order valence-electron chi connectivity index (χ2n) is 14.0. The average molecular weight is 734 g/mol. The number of rotatable bonds is 6. The molecule has 0 saturated carbocycles. The highest BCUT2D eigenvalue weighted by Crippen LogP contribution is 2.41. The molecule has 0 aliphatic heterocycles. The Hall–Kier alpha value is -7.21. The lowest BCUT2D eigenvalue weighted by atomic mass is 10.0. The Bertz CT molecular complexity index is 3260. The molecule has 0 atom stereocenters. The maximum atomic E-state index is 6.25. The highest BCUT2D eigenvalue weighted by atomic mass is 32.1. The first kappa shape index (κ1) is 32.2. The van der Waals surface area contributed by atoms with Crippen LogP contribution in [0.1, 0.15) is 0 Å². The van der Waals surface area contributed by atoms with Crippen LogP contribution in [0, 0.1) is 0 Å². The van der Waals surface area contributed by atoms with E-state index in [1.807, 2.05) is 24.3 Å². The molecular weight excluding hydrogens is 703 g/mol. The second-order valence-corrected chi connectivity index (χ2v) is 15.1. The summed E-state index contributed by atoms with van der Waals surface area (Å²) in [7, 11) is 0. The zero-order chi connectivity index (χ0) is 37.0. The molecule has 0 unspecified atom stereocenters. The van der Waals surface area contributed by atoms with E-state index in [4.69, 9.17) is 19.4 Å². The molecule has 4 nitrogen and oxygen atoms in total. The molecule has 11 rings (SSSR count). The summed E-state index contributed by atoms with van der Waals surface area (Å²) in [5, 5.41) is 4.65. The molecule has 5 heteroatoms. The fourth-order valence-electron chi connectivity index (χ4n) is 7.75. The van der Waals surface area contributed by atoms with Crippen LogP contribution in [-0.2, 0) is 0 Å². The van der Waals surface area contributed by atoms with Gasteiger partial charge in [0.05, 0.1) is 0 Å². The lowest BCUT2D eigenvalue weighted by molar-refractivity contribution is 0.669. The summed E-state index contributed by atoms with van der Waals surface area (Å²) in [5.41, 5.74) is 11.4.